The Morgan fingerprint density at radius 3 is 2.95 bits per heavy atom. The zero-order valence-electron chi connectivity index (χ0n) is 11.2. The molecule has 0 bridgehead atoms. The maximum atomic E-state index is 11.9. The summed E-state index contributed by atoms with van der Waals surface area (Å²) in [4.78, 5) is 17.4. The Labute approximate surface area is 120 Å². The lowest BCUT2D eigenvalue weighted by Gasteiger charge is -1.99. The normalized spacial score (nSPS) is 9.95. The predicted molar refractivity (Wildman–Crippen MR) is 75.4 cm³/mol. The first-order chi connectivity index (χ1) is 9.60. The highest BCUT2D eigenvalue weighted by atomic mass is 32.1. The number of carbonyl (C=O) groups is 1. The third-order valence-corrected chi connectivity index (χ3v) is 3.59. The second-order valence-corrected chi connectivity index (χ2v) is 5.14. The quantitative estimate of drug-likeness (QED) is 0.842. The second kappa shape index (κ2) is 6.37. The standard InChI is InChI=1S/C14H14N2O3S/c1-9-10(2)19-13(16-9)8-15-14(18)12-6-5-11(20-12)4-3-7-17/h5-6,17H,7-8H2,1-2H3,(H,15,18). The van der Waals surface area contributed by atoms with Gasteiger partial charge in [-0.3, -0.25) is 4.79 Å². The van der Waals surface area contributed by atoms with Gasteiger partial charge in [-0.2, -0.15) is 0 Å². The Kier molecular flexibility index (Phi) is 4.56. The van der Waals surface area contributed by atoms with E-state index in [2.05, 4.69) is 22.1 Å². The van der Waals surface area contributed by atoms with Gasteiger partial charge in [-0.05, 0) is 26.0 Å². The molecule has 2 rings (SSSR count). The largest absolute Gasteiger partial charge is 0.444 e. The van der Waals surface area contributed by atoms with Gasteiger partial charge in [0.2, 0.25) is 5.89 Å². The first-order valence-electron chi connectivity index (χ1n) is 6.01. The average Bonchev–Trinajstić information content (AvgIpc) is 3.01. The molecule has 0 aliphatic rings. The molecule has 2 heterocycles. The van der Waals surface area contributed by atoms with Gasteiger partial charge in [0, 0.05) is 0 Å². The molecule has 0 aliphatic heterocycles. The van der Waals surface area contributed by atoms with Gasteiger partial charge in [0.05, 0.1) is 22.0 Å². The number of aliphatic hydroxyl groups excluding tert-OH is 1. The van der Waals surface area contributed by atoms with Gasteiger partial charge in [-0.15, -0.1) is 11.3 Å². The van der Waals surface area contributed by atoms with Crippen molar-refractivity contribution in [3.8, 4) is 11.8 Å². The Morgan fingerprint density at radius 2 is 2.30 bits per heavy atom. The van der Waals surface area contributed by atoms with Crippen molar-refractivity contribution in [3.05, 3.63) is 39.2 Å². The Balaban J connectivity index is 1.96. The lowest BCUT2D eigenvalue weighted by molar-refractivity contribution is 0.0951. The van der Waals surface area contributed by atoms with Crippen LogP contribution in [-0.4, -0.2) is 22.6 Å². The monoisotopic (exact) mass is 290 g/mol. The van der Waals surface area contributed by atoms with E-state index in [0.29, 0.717) is 10.8 Å². The van der Waals surface area contributed by atoms with Gasteiger partial charge in [-0.1, -0.05) is 11.8 Å². The lowest BCUT2D eigenvalue weighted by Crippen LogP contribution is -2.21. The zero-order chi connectivity index (χ0) is 14.5. The molecule has 2 N–H and O–H groups in total. The molecule has 0 saturated heterocycles. The first kappa shape index (κ1) is 14.3. The number of hydrogen-bond donors (Lipinski definition) is 2. The smallest absolute Gasteiger partial charge is 0.261 e. The number of amides is 1. The van der Waals surface area contributed by atoms with E-state index >= 15 is 0 Å². The number of nitrogens with zero attached hydrogens (tertiary/aromatic N) is 1. The SMILES string of the molecule is Cc1nc(CNC(=O)c2ccc(C#CCO)s2)oc1C. The predicted octanol–water partition coefficient (Wildman–Crippen LogP) is 1.63. The van der Waals surface area contributed by atoms with Crippen LogP contribution in [0.25, 0.3) is 0 Å². The molecule has 0 unspecified atom stereocenters. The number of aryl methyl sites for hydroxylation is 2. The highest BCUT2D eigenvalue weighted by Gasteiger charge is 2.11. The molecule has 2 aromatic heterocycles. The average molecular weight is 290 g/mol. The summed E-state index contributed by atoms with van der Waals surface area (Å²) in [5.74, 6) is 6.36. The van der Waals surface area contributed by atoms with Crippen LogP contribution in [0.2, 0.25) is 0 Å². The Morgan fingerprint density at radius 1 is 1.50 bits per heavy atom. The molecule has 0 radical (unpaired) electrons. The summed E-state index contributed by atoms with van der Waals surface area (Å²) in [7, 11) is 0. The summed E-state index contributed by atoms with van der Waals surface area (Å²) in [6.45, 7) is 3.75. The van der Waals surface area contributed by atoms with Crippen LogP contribution in [0.5, 0.6) is 0 Å². The zero-order valence-corrected chi connectivity index (χ0v) is 12.0. The van der Waals surface area contributed by atoms with E-state index in [0.717, 1.165) is 16.3 Å². The third-order valence-electron chi connectivity index (χ3n) is 2.59. The van der Waals surface area contributed by atoms with E-state index in [4.69, 9.17) is 9.52 Å². The van der Waals surface area contributed by atoms with Crippen molar-refractivity contribution >= 4 is 17.2 Å². The number of aromatic nitrogens is 1. The molecular weight excluding hydrogens is 276 g/mol. The summed E-state index contributed by atoms with van der Waals surface area (Å²) >= 11 is 1.28. The highest BCUT2D eigenvalue weighted by molar-refractivity contribution is 7.14. The van der Waals surface area contributed by atoms with Crippen molar-refractivity contribution in [2.75, 3.05) is 6.61 Å². The van der Waals surface area contributed by atoms with E-state index in [1.54, 1.807) is 12.1 Å². The van der Waals surface area contributed by atoms with Crippen LogP contribution in [0.1, 0.15) is 31.9 Å². The summed E-state index contributed by atoms with van der Waals surface area (Å²) in [6.07, 6.45) is 0. The van der Waals surface area contributed by atoms with Crippen LogP contribution in [0.15, 0.2) is 16.5 Å². The minimum absolute atomic E-state index is 0.192. The number of hydrogen-bond acceptors (Lipinski definition) is 5. The molecule has 6 heteroatoms. The molecular formula is C14H14N2O3S. The van der Waals surface area contributed by atoms with E-state index in [9.17, 15) is 4.79 Å². The molecule has 0 aromatic carbocycles. The molecule has 0 saturated carbocycles. The van der Waals surface area contributed by atoms with E-state index < -0.39 is 0 Å². The number of carbonyl (C=O) groups excluding carboxylic acids is 1. The maximum absolute atomic E-state index is 11.9. The topological polar surface area (TPSA) is 75.4 Å². The minimum atomic E-state index is -0.194. The number of thiophene rings is 1. The van der Waals surface area contributed by atoms with E-state index in [1.165, 1.54) is 11.3 Å². The van der Waals surface area contributed by atoms with Crippen LogP contribution in [0, 0.1) is 25.7 Å². The van der Waals surface area contributed by atoms with Crippen LogP contribution >= 0.6 is 11.3 Å². The Bertz CT molecular complexity index is 657. The van der Waals surface area contributed by atoms with Crippen molar-refractivity contribution < 1.29 is 14.3 Å². The molecule has 0 spiro atoms. The minimum Gasteiger partial charge on any atom is -0.444 e. The molecule has 5 nitrogen and oxygen atoms in total. The number of rotatable bonds is 3. The van der Waals surface area contributed by atoms with Crippen LogP contribution in [-0.2, 0) is 6.54 Å². The molecule has 0 fully saturated rings. The van der Waals surface area contributed by atoms with Gasteiger partial charge in [0.15, 0.2) is 0 Å². The second-order valence-electron chi connectivity index (χ2n) is 4.06. The van der Waals surface area contributed by atoms with Crippen molar-refractivity contribution in [1.29, 1.82) is 0 Å². The number of nitrogens with one attached hydrogen (secondary N) is 1. The van der Waals surface area contributed by atoms with Gasteiger partial charge in [0.25, 0.3) is 5.91 Å². The van der Waals surface area contributed by atoms with Crippen LogP contribution in [0.4, 0.5) is 0 Å². The highest BCUT2D eigenvalue weighted by Crippen LogP contribution is 2.15. The fourth-order valence-corrected chi connectivity index (χ4v) is 2.31. The number of aliphatic hydroxyl groups is 1. The van der Waals surface area contributed by atoms with Crippen molar-refractivity contribution in [2.24, 2.45) is 0 Å². The summed E-state index contributed by atoms with van der Waals surface area (Å²) < 4.78 is 5.39. The Hall–Kier alpha value is -2.10. The van der Waals surface area contributed by atoms with Crippen molar-refractivity contribution in [3.63, 3.8) is 0 Å². The third kappa shape index (κ3) is 3.47. The van der Waals surface area contributed by atoms with Crippen molar-refractivity contribution in [2.45, 2.75) is 20.4 Å². The molecule has 1 amide bonds. The lowest BCUT2D eigenvalue weighted by atomic mass is 10.4. The molecule has 0 atom stereocenters. The number of oxazole rings is 1. The van der Waals surface area contributed by atoms with Gasteiger partial charge < -0.3 is 14.8 Å². The fourth-order valence-electron chi connectivity index (χ4n) is 1.51. The molecule has 104 valence electrons. The summed E-state index contributed by atoms with van der Waals surface area (Å²) in [6, 6.07) is 3.45. The molecule has 0 aliphatic carbocycles. The maximum Gasteiger partial charge on any atom is 0.261 e. The first-order valence-corrected chi connectivity index (χ1v) is 6.82. The fraction of sp³-hybridized carbons (Fsp3) is 0.286. The van der Waals surface area contributed by atoms with Crippen molar-refractivity contribution in [1.82, 2.24) is 10.3 Å². The molecule has 20 heavy (non-hydrogen) atoms. The van der Waals surface area contributed by atoms with Gasteiger partial charge in [0.1, 0.15) is 12.4 Å². The van der Waals surface area contributed by atoms with Crippen LogP contribution < -0.4 is 5.32 Å². The van der Waals surface area contributed by atoms with Gasteiger partial charge in [-0.25, -0.2) is 4.98 Å². The van der Waals surface area contributed by atoms with E-state index in [1.807, 2.05) is 13.8 Å². The summed E-state index contributed by atoms with van der Waals surface area (Å²) in [5, 5.41) is 11.4. The van der Waals surface area contributed by atoms with Crippen LogP contribution in [0.3, 0.4) is 0 Å². The van der Waals surface area contributed by atoms with Gasteiger partial charge >= 0.3 is 0 Å². The van der Waals surface area contributed by atoms with E-state index in [-0.39, 0.29) is 19.1 Å². The molecule has 2 aromatic rings. The summed E-state index contributed by atoms with van der Waals surface area (Å²) in [5.41, 5.74) is 0.826.